The second kappa shape index (κ2) is 5.80. The zero-order valence-corrected chi connectivity index (χ0v) is 12.6. The van der Waals surface area contributed by atoms with Gasteiger partial charge in [-0.1, -0.05) is 0 Å². The molecule has 1 aromatic rings. The van der Waals surface area contributed by atoms with Crippen molar-refractivity contribution in [3.8, 4) is 0 Å². The summed E-state index contributed by atoms with van der Waals surface area (Å²) in [6, 6.07) is 2.92. The summed E-state index contributed by atoms with van der Waals surface area (Å²) in [6.07, 6.45) is 0.295. The Hall–Kier alpha value is 0.0600. The Morgan fingerprint density at radius 2 is 2.41 bits per heavy atom. The molecule has 2 heterocycles. The van der Waals surface area contributed by atoms with Gasteiger partial charge in [0.1, 0.15) is 0 Å². The van der Waals surface area contributed by atoms with Crippen LogP contribution >= 0.6 is 27.3 Å². The van der Waals surface area contributed by atoms with Crippen LogP contribution in [0.15, 0.2) is 15.9 Å². The van der Waals surface area contributed by atoms with Crippen LogP contribution in [0.4, 0.5) is 0 Å². The number of nitrogens with zero attached hydrogens (tertiary/aromatic N) is 1. The van der Waals surface area contributed by atoms with Gasteiger partial charge >= 0.3 is 0 Å². The van der Waals surface area contributed by atoms with Crippen molar-refractivity contribution in [2.24, 2.45) is 5.73 Å². The Morgan fingerprint density at radius 3 is 3.00 bits per heavy atom. The third-order valence-corrected chi connectivity index (χ3v) is 4.99. The summed E-state index contributed by atoms with van der Waals surface area (Å²) in [5.41, 5.74) is 5.96. The first-order chi connectivity index (χ1) is 8.11. The van der Waals surface area contributed by atoms with Crippen LogP contribution in [-0.2, 0) is 4.74 Å². The van der Waals surface area contributed by atoms with E-state index in [1.54, 1.807) is 11.3 Å². The highest BCUT2D eigenvalue weighted by Crippen LogP contribution is 2.31. The lowest BCUT2D eigenvalue weighted by Gasteiger charge is -2.41. The zero-order valence-electron chi connectivity index (χ0n) is 10.2. The van der Waals surface area contributed by atoms with E-state index in [2.05, 4.69) is 46.1 Å². The molecule has 3 atom stereocenters. The minimum atomic E-state index is 0.295. The van der Waals surface area contributed by atoms with Crippen molar-refractivity contribution in [3.63, 3.8) is 0 Å². The molecule has 0 saturated carbocycles. The fraction of sp³-hybridized carbons (Fsp3) is 0.667. The lowest BCUT2D eigenvalue weighted by molar-refractivity contribution is -0.0648. The van der Waals surface area contributed by atoms with Gasteiger partial charge in [-0.15, -0.1) is 11.3 Å². The van der Waals surface area contributed by atoms with Gasteiger partial charge in [-0.2, -0.15) is 0 Å². The van der Waals surface area contributed by atoms with Crippen molar-refractivity contribution in [2.45, 2.75) is 32.0 Å². The van der Waals surface area contributed by atoms with Gasteiger partial charge in [-0.3, -0.25) is 4.90 Å². The van der Waals surface area contributed by atoms with Crippen LogP contribution in [0.1, 0.15) is 24.8 Å². The van der Waals surface area contributed by atoms with E-state index in [1.807, 2.05) is 0 Å². The highest BCUT2D eigenvalue weighted by atomic mass is 79.9. The van der Waals surface area contributed by atoms with Crippen LogP contribution in [0.2, 0.25) is 0 Å². The van der Waals surface area contributed by atoms with Gasteiger partial charge in [0.2, 0.25) is 0 Å². The van der Waals surface area contributed by atoms with Gasteiger partial charge in [0.15, 0.2) is 0 Å². The summed E-state index contributed by atoms with van der Waals surface area (Å²) in [7, 11) is 0. The number of halogens is 1. The molecule has 5 heteroatoms. The van der Waals surface area contributed by atoms with Crippen molar-refractivity contribution in [2.75, 3.05) is 19.7 Å². The molecule has 0 bridgehead atoms. The molecule has 3 nitrogen and oxygen atoms in total. The summed E-state index contributed by atoms with van der Waals surface area (Å²) >= 11 is 5.28. The number of nitrogens with two attached hydrogens (primary N) is 1. The summed E-state index contributed by atoms with van der Waals surface area (Å²) in [6.45, 7) is 6.74. The number of ether oxygens (including phenoxy) is 1. The molecule has 1 fully saturated rings. The molecule has 17 heavy (non-hydrogen) atoms. The molecular weight excluding hydrogens is 300 g/mol. The SMILES string of the molecule is CC1CN(C(CN)c2cc(Br)cs2)C(C)CO1. The van der Waals surface area contributed by atoms with E-state index < -0.39 is 0 Å². The molecule has 0 aromatic carbocycles. The fourth-order valence-corrected chi connectivity index (χ4v) is 3.86. The lowest BCUT2D eigenvalue weighted by Crippen LogP contribution is -2.50. The normalized spacial score (nSPS) is 28.2. The van der Waals surface area contributed by atoms with Crippen molar-refractivity contribution in [3.05, 3.63) is 20.8 Å². The molecule has 1 aliphatic rings. The average Bonchev–Trinajstić information content (AvgIpc) is 2.71. The van der Waals surface area contributed by atoms with Crippen LogP contribution in [0.25, 0.3) is 0 Å². The Labute approximate surface area is 115 Å². The predicted molar refractivity (Wildman–Crippen MR) is 75.4 cm³/mol. The van der Waals surface area contributed by atoms with E-state index in [0.29, 0.717) is 24.7 Å². The highest BCUT2D eigenvalue weighted by molar-refractivity contribution is 9.10. The van der Waals surface area contributed by atoms with Crippen LogP contribution < -0.4 is 5.73 Å². The Morgan fingerprint density at radius 1 is 1.65 bits per heavy atom. The number of rotatable bonds is 3. The van der Waals surface area contributed by atoms with Crippen molar-refractivity contribution < 1.29 is 4.74 Å². The van der Waals surface area contributed by atoms with Gasteiger partial charge in [-0.25, -0.2) is 0 Å². The van der Waals surface area contributed by atoms with Gasteiger partial charge in [0.25, 0.3) is 0 Å². The third-order valence-electron chi connectivity index (χ3n) is 3.20. The molecular formula is C12H19BrN2OS. The summed E-state index contributed by atoms with van der Waals surface area (Å²) in [5, 5.41) is 2.12. The van der Waals surface area contributed by atoms with E-state index in [1.165, 1.54) is 4.88 Å². The topological polar surface area (TPSA) is 38.5 Å². The zero-order chi connectivity index (χ0) is 12.4. The second-order valence-corrected chi connectivity index (χ2v) is 6.47. The third kappa shape index (κ3) is 3.09. The van der Waals surface area contributed by atoms with E-state index in [4.69, 9.17) is 10.5 Å². The molecule has 0 amide bonds. The molecule has 96 valence electrons. The summed E-state index contributed by atoms with van der Waals surface area (Å²) in [5.74, 6) is 0. The summed E-state index contributed by atoms with van der Waals surface area (Å²) in [4.78, 5) is 3.80. The van der Waals surface area contributed by atoms with Gasteiger partial charge in [0.05, 0.1) is 18.8 Å². The summed E-state index contributed by atoms with van der Waals surface area (Å²) < 4.78 is 6.81. The number of hydrogen-bond acceptors (Lipinski definition) is 4. The largest absolute Gasteiger partial charge is 0.376 e. The van der Waals surface area contributed by atoms with Crippen LogP contribution in [-0.4, -0.2) is 36.7 Å². The quantitative estimate of drug-likeness (QED) is 0.931. The number of morpholine rings is 1. The molecule has 0 radical (unpaired) electrons. The Bertz CT molecular complexity index is 371. The van der Waals surface area contributed by atoms with Gasteiger partial charge in [-0.05, 0) is 35.8 Å². The Balaban J connectivity index is 2.16. The number of hydrogen-bond donors (Lipinski definition) is 1. The standard InChI is InChI=1S/C12H19BrN2OS/c1-8-6-16-9(2)5-15(8)11(4-14)12-3-10(13)7-17-12/h3,7-9,11H,4-6,14H2,1-2H3. The Kier molecular flexibility index (Phi) is 4.60. The maximum atomic E-state index is 5.96. The second-order valence-electron chi connectivity index (χ2n) is 4.61. The lowest BCUT2D eigenvalue weighted by atomic mass is 10.1. The highest BCUT2D eigenvalue weighted by Gasteiger charge is 2.30. The molecule has 1 aliphatic heterocycles. The maximum absolute atomic E-state index is 5.96. The first-order valence-electron chi connectivity index (χ1n) is 5.93. The minimum Gasteiger partial charge on any atom is -0.376 e. The van der Waals surface area contributed by atoms with E-state index in [0.717, 1.165) is 17.6 Å². The van der Waals surface area contributed by atoms with Gasteiger partial charge in [0, 0.05) is 33.9 Å². The smallest absolute Gasteiger partial charge is 0.0675 e. The van der Waals surface area contributed by atoms with Crippen molar-refractivity contribution in [1.29, 1.82) is 0 Å². The first-order valence-corrected chi connectivity index (χ1v) is 7.60. The average molecular weight is 319 g/mol. The molecule has 0 aliphatic carbocycles. The van der Waals surface area contributed by atoms with Crippen LogP contribution in [0, 0.1) is 0 Å². The van der Waals surface area contributed by atoms with Crippen molar-refractivity contribution >= 4 is 27.3 Å². The molecule has 2 rings (SSSR count). The fourth-order valence-electron chi connectivity index (χ4n) is 2.28. The van der Waals surface area contributed by atoms with Crippen LogP contribution in [0.5, 0.6) is 0 Å². The monoisotopic (exact) mass is 318 g/mol. The van der Waals surface area contributed by atoms with E-state index in [9.17, 15) is 0 Å². The predicted octanol–water partition coefficient (Wildman–Crippen LogP) is 2.62. The van der Waals surface area contributed by atoms with E-state index >= 15 is 0 Å². The molecule has 1 aromatic heterocycles. The van der Waals surface area contributed by atoms with Crippen molar-refractivity contribution in [1.82, 2.24) is 4.90 Å². The van der Waals surface area contributed by atoms with Crippen LogP contribution in [0.3, 0.4) is 0 Å². The molecule has 1 saturated heterocycles. The molecule has 2 N–H and O–H groups in total. The maximum Gasteiger partial charge on any atom is 0.0675 e. The van der Waals surface area contributed by atoms with E-state index in [-0.39, 0.29) is 0 Å². The minimum absolute atomic E-state index is 0.295. The number of thiophene rings is 1. The molecule has 0 spiro atoms. The van der Waals surface area contributed by atoms with Gasteiger partial charge < -0.3 is 10.5 Å². The molecule has 3 unspecified atom stereocenters. The first kappa shape index (κ1) is 13.5.